The fourth-order valence-electron chi connectivity index (χ4n) is 3.70. The fraction of sp³-hybridized carbons (Fsp3) is 0.304. The highest BCUT2D eigenvalue weighted by Gasteiger charge is 2.24. The quantitative estimate of drug-likeness (QED) is 0.678. The van der Waals surface area contributed by atoms with Gasteiger partial charge in [0.2, 0.25) is 0 Å². The number of nitrogens with zero attached hydrogens (tertiary/aromatic N) is 2. The Labute approximate surface area is 170 Å². The smallest absolute Gasteiger partial charge is 0.255 e. The molecule has 29 heavy (non-hydrogen) atoms. The van der Waals surface area contributed by atoms with Gasteiger partial charge >= 0.3 is 0 Å². The maximum Gasteiger partial charge on any atom is 0.255 e. The van der Waals surface area contributed by atoms with Crippen LogP contribution in [-0.4, -0.2) is 53.9 Å². The van der Waals surface area contributed by atoms with Crippen molar-refractivity contribution < 1.29 is 9.53 Å². The van der Waals surface area contributed by atoms with Gasteiger partial charge in [-0.1, -0.05) is 60.2 Å². The van der Waals surface area contributed by atoms with Crippen molar-refractivity contribution in [3.8, 4) is 11.3 Å². The molecule has 0 aliphatic carbocycles. The number of aryl methyl sites for hydroxylation is 1. The first-order valence-corrected chi connectivity index (χ1v) is 9.98. The predicted molar refractivity (Wildman–Crippen MR) is 113 cm³/mol. The van der Waals surface area contributed by atoms with Crippen molar-refractivity contribution in [2.24, 2.45) is 0 Å². The molecule has 2 aromatic carbocycles. The Morgan fingerprint density at radius 2 is 1.86 bits per heavy atom. The molecule has 0 saturated carbocycles. The van der Waals surface area contributed by atoms with Crippen LogP contribution in [0.15, 0.2) is 60.8 Å². The largest absolute Gasteiger partial charge is 0.379 e. The minimum atomic E-state index is -0.122. The van der Waals surface area contributed by atoms with Gasteiger partial charge in [0.25, 0.3) is 5.91 Å². The third-order valence-corrected chi connectivity index (χ3v) is 5.35. The van der Waals surface area contributed by atoms with Gasteiger partial charge in [-0.05, 0) is 12.5 Å². The second-order valence-corrected chi connectivity index (χ2v) is 7.31. The van der Waals surface area contributed by atoms with E-state index in [-0.39, 0.29) is 11.9 Å². The summed E-state index contributed by atoms with van der Waals surface area (Å²) in [6.45, 7) is 5.76. The fourth-order valence-corrected chi connectivity index (χ4v) is 3.70. The topological polar surface area (TPSA) is 70.2 Å². The highest BCUT2D eigenvalue weighted by atomic mass is 16.5. The van der Waals surface area contributed by atoms with E-state index in [9.17, 15) is 4.79 Å². The molecule has 2 heterocycles. The van der Waals surface area contributed by atoms with Crippen molar-refractivity contribution in [3.63, 3.8) is 0 Å². The van der Waals surface area contributed by atoms with Crippen molar-refractivity contribution in [1.82, 2.24) is 20.4 Å². The van der Waals surface area contributed by atoms with E-state index < -0.39 is 0 Å². The number of carbonyl (C=O) groups excluding carboxylic acids is 1. The zero-order valence-corrected chi connectivity index (χ0v) is 16.6. The van der Waals surface area contributed by atoms with Crippen LogP contribution in [0.3, 0.4) is 0 Å². The SMILES string of the molecule is Cc1ccc(C(CNC(=O)c2cn[nH]c2-c2ccccc2)N2CCOCC2)cc1. The van der Waals surface area contributed by atoms with Gasteiger partial charge in [0, 0.05) is 25.2 Å². The van der Waals surface area contributed by atoms with Crippen LogP contribution in [0.1, 0.15) is 27.5 Å². The van der Waals surface area contributed by atoms with Crippen molar-refractivity contribution >= 4 is 5.91 Å². The lowest BCUT2D eigenvalue weighted by Gasteiger charge is -2.35. The van der Waals surface area contributed by atoms with Gasteiger partial charge in [-0.2, -0.15) is 5.10 Å². The minimum absolute atomic E-state index is 0.107. The summed E-state index contributed by atoms with van der Waals surface area (Å²) < 4.78 is 5.51. The molecule has 1 fully saturated rings. The van der Waals surface area contributed by atoms with Crippen LogP contribution in [0.4, 0.5) is 0 Å². The van der Waals surface area contributed by atoms with Gasteiger partial charge in [0.15, 0.2) is 0 Å². The van der Waals surface area contributed by atoms with Crippen molar-refractivity contribution in [2.45, 2.75) is 13.0 Å². The maximum absolute atomic E-state index is 13.0. The number of ether oxygens (including phenoxy) is 1. The van der Waals surface area contributed by atoms with Crippen molar-refractivity contribution in [3.05, 3.63) is 77.5 Å². The summed E-state index contributed by atoms with van der Waals surface area (Å²) in [5.74, 6) is -0.122. The summed E-state index contributed by atoms with van der Waals surface area (Å²) in [5.41, 5.74) is 4.67. The Kier molecular flexibility index (Phi) is 6.03. The number of aromatic nitrogens is 2. The number of hydrogen-bond donors (Lipinski definition) is 2. The molecule has 1 saturated heterocycles. The lowest BCUT2D eigenvalue weighted by molar-refractivity contribution is 0.0162. The zero-order valence-electron chi connectivity index (χ0n) is 16.6. The Balaban J connectivity index is 1.51. The van der Waals surface area contributed by atoms with Crippen LogP contribution in [0.5, 0.6) is 0 Å². The Hall–Kier alpha value is -2.96. The van der Waals surface area contributed by atoms with Crippen LogP contribution in [0.2, 0.25) is 0 Å². The molecule has 1 aliphatic heterocycles. The van der Waals surface area contributed by atoms with E-state index in [0.717, 1.165) is 37.6 Å². The summed E-state index contributed by atoms with van der Waals surface area (Å²) in [7, 11) is 0. The molecule has 1 aromatic heterocycles. The number of aromatic amines is 1. The van der Waals surface area contributed by atoms with Crippen molar-refractivity contribution in [1.29, 1.82) is 0 Å². The number of hydrogen-bond acceptors (Lipinski definition) is 4. The lowest BCUT2D eigenvalue weighted by Crippen LogP contribution is -2.43. The van der Waals surface area contributed by atoms with Crippen molar-refractivity contribution in [2.75, 3.05) is 32.8 Å². The molecule has 1 atom stereocenters. The Bertz CT molecular complexity index is 931. The number of nitrogens with one attached hydrogen (secondary N) is 2. The minimum Gasteiger partial charge on any atom is -0.379 e. The molecular weight excluding hydrogens is 364 g/mol. The summed E-state index contributed by atoms with van der Waals surface area (Å²) >= 11 is 0. The second-order valence-electron chi connectivity index (χ2n) is 7.31. The van der Waals surface area contributed by atoms with E-state index in [1.807, 2.05) is 30.3 Å². The summed E-state index contributed by atoms with van der Waals surface area (Å²) in [6, 6.07) is 18.4. The number of benzene rings is 2. The molecule has 1 amide bonds. The van der Waals surface area contributed by atoms with Gasteiger partial charge in [0.1, 0.15) is 0 Å². The van der Waals surface area contributed by atoms with E-state index in [0.29, 0.717) is 12.1 Å². The number of H-pyrrole nitrogens is 1. The van der Waals surface area contributed by atoms with Crippen LogP contribution < -0.4 is 5.32 Å². The van der Waals surface area contributed by atoms with Crippen LogP contribution in [0.25, 0.3) is 11.3 Å². The maximum atomic E-state index is 13.0. The van der Waals surface area contributed by atoms with Gasteiger partial charge in [-0.25, -0.2) is 0 Å². The van der Waals surface area contributed by atoms with Gasteiger partial charge < -0.3 is 10.1 Å². The van der Waals surface area contributed by atoms with E-state index in [1.165, 1.54) is 11.1 Å². The number of morpholine rings is 1. The molecule has 6 nitrogen and oxygen atoms in total. The van der Waals surface area contributed by atoms with E-state index >= 15 is 0 Å². The van der Waals surface area contributed by atoms with Gasteiger partial charge in [-0.15, -0.1) is 0 Å². The summed E-state index contributed by atoms with van der Waals surface area (Å²) in [5, 5.41) is 10.2. The van der Waals surface area contributed by atoms with Gasteiger partial charge in [0.05, 0.1) is 36.7 Å². The monoisotopic (exact) mass is 390 g/mol. The Morgan fingerprint density at radius 3 is 2.59 bits per heavy atom. The second kappa shape index (κ2) is 9.03. The molecule has 4 rings (SSSR count). The number of amides is 1. The van der Waals surface area contributed by atoms with Crippen LogP contribution in [-0.2, 0) is 4.74 Å². The van der Waals surface area contributed by atoms with E-state index in [4.69, 9.17) is 4.74 Å². The van der Waals surface area contributed by atoms with Crippen LogP contribution >= 0.6 is 0 Å². The third kappa shape index (κ3) is 4.55. The first kappa shape index (κ1) is 19.4. The zero-order chi connectivity index (χ0) is 20.1. The molecule has 150 valence electrons. The normalized spacial score (nSPS) is 15.8. The summed E-state index contributed by atoms with van der Waals surface area (Å²) in [6.07, 6.45) is 1.59. The molecular formula is C23H26N4O2. The van der Waals surface area contributed by atoms with E-state index in [1.54, 1.807) is 6.20 Å². The molecule has 0 bridgehead atoms. The lowest BCUT2D eigenvalue weighted by atomic mass is 10.0. The Morgan fingerprint density at radius 1 is 1.14 bits per heavy atom. The predicted octanol–water partition coefficient (Wildman–Crippen LogP) is 3.19. The number of carbonyl (C=O) groups is 1. The molecule has 0 spiro atoms. The molecule has 0 radical (unpaired) electrons. The first-order valence-electron chi connectivity index (χ1n) is 9.98. The summed E-state index contributed by atoms with van der Waals surface area (Å²) in [4.78, 5) is 15.3. The molecule has 2 N–H and O–H groups in total. The van der Waals surface area contributed by atoms with Gasteiger partial charge in [-0.3, -0.25) is 14.8 Å². The highest BCUT2D eigenvalue weighted by molar-refractivity contribution is 5.99. The first-order chi connectivity index (χ1) is 14.2. The van der Waals surface area contributed by atoms with Crippen LogP contribution in [0, 0.1) is 6.92 Å². The molecule has 6 heteroatoms. The molecule has 1 aliphatic rings. The molecule has 1 unspecified atom stereocenters. The third-order valence-electron chi connectivity index (χ3n) is 5.35. The highest BCUT2D eigenvalue weighted by Crippen LogP contribution is 2.23. The standard InChI is InChI=1S/C23H26N4O2/c1-17-7-9-18(10-8-17)21(27-11-13-29-14-12-27)16-24-23(28)20-15-25-26-22(20)19-5-3-2-4-6-19/h2-10,15,21H,11-14,16H2,1H3,(H,24,28)(H,25,26). The van der Waals surface area contributed by atoms with E-state index in [2.05, 4.69) is 51.6 Å². The number of rotatable bonds is 6. The average molecular weight is 390 g/mol. The average Bonchev–Trinajstić information content (AvgIpc) is 3.26. The molecule has 3 aromatic rings.